The number of hydrogen-bond acceptors (Lipinski definition) is 3. The van der Waals surface area contributed by atoms with Gasteiger partial charge in [-0.2, -0.15) is 0 Å². The molecule has 4 N–H and O–H groups in total. The lowest BCUT2D eigenvalue weighted by Gasteiger charge is -2.29. The van der Waals surface area contributed by atoms with E-state index in [0.717, 1.165) is 6.42 Å². The smallest absolute Gasteiger partial charge is 0.326 e. The van der Waals surface area contributed by atoms with E-state index < -0.39 is 17.4 Å². The number of carbonyl (C=O) groups is 2. The summed E-state index contributed by atoms with van der Waals surface area (Å²) in [6, 6.07) is -1.20. The van der Waals surface area contributed by atoms with E-state index in [4.69, 9.17) is 10.8 Å². The molecule has 0 saturated carbocycles. The summed E-state index contributed by atoms with van der Waals surface area (Å²) in [4.78, 5) is 24.8. The van der Waals surface area contributed by atoms with Gasteiger partial charge in [0, 0.05) is 13.1 Å². The third-order valence-corrected chi connectivity index (χ3v) is 3.29. The summed E-state index contributed by atoms with van der Waals surface area (Å²) in [6.45, 7) is 7.19. The fourth-order valence-corrected chi connectivity index (χ4v) is 2.07. The first-order chi connectivity index (χ1) is 8.25. The van der Waals surface area contributed by atoms with Crippen LogP contribution in [0.4, 0.5) is 4.79 Å². The topological polar surface area (TPSA) is 95.7 Å². The molecular formula is C12H23N3O3. The Hall–Kier alpha value is -1.30. The van der Waals surface area contributed by atoms with Crippen LogP contribution in [0.25, 0.3) is 0 Å². The predicted octanol–water partition coefficient (Wildman–Crippen LogP) is 0.476. The van der Waals surface area contributed by atoms with Crippen LogP contribution in [0, 0.1) is 11.3 Å². The van der Waals surface area contributed by atoms with Gasteiger partial charge >= 0.3 is 12.0 Å². The molecule has 18 heavy (non-hydrogen) atoms. The molecule has 0 aromatic carbocycles. The van der Waals surface area contributed by atoms with Crippen LogP contribution >= 0.6 is 0 Å². The van der Waals surface area contributed by atoms with Crippen LogP contribution < -0.4 is 11.1 Å². The number of likely N-dealkylation sites (tertiary alicyclic amines) is 1. The second-order valence-electron chi connectivity index (χ2n) is 5.92. The minimum absolute atomic E-state index is 0.312. The molecule has 1 aliphatic rings. The number of nitrogens with one attached hydrogen (secondary N) is 1. The van der Waals surface area contributed by atoms with E-state index in [9.17, 15) is 9.59 Å². The lowest BCUT2D eigenvalue weighted by Crippen LogP contribution is -2.53. The number of hydrogen-bond donors (Lipinski definition) is 3. The van der Waals surface area contributed by atoms with Gasteiger partial charge in [-0.1, -0.05) is 20.8 Å². The molecular weight excluding hydrogens is 234 g/mol. The first-order valence-corrected chi connectivity index (χ1v) is 6.24. The van der Waals surface area contributed by atoms with Gasteiger partial charge in [0.1, 0.15) is 6.04 Å². The Bertz CT molecular complexity index is 325. The zero-order valence-corrected chi connectivity index (χ0v) is 11.3. The van der Waals surface area contributed by atoms with Crippen LogP contribution in [0.5, 0.6) is 0 Å². The van der Waals surface area contributed by atoms with Crippen LogP contribution in [-0.2, 0) is 4.79 Å². The van der Waals surface area contributed by atoms with Crippen molar-refractivity contribution in [3.05, 3.63) is 0 Å². The number of nitrogens with zero attached hydrogens (tertiary/aromatic N) is 1. The van der Waals surface area contributed by atoms with E-state index in [1.807, 2.05) is 0 Å². The summed E-state index contributed by atoms with van der Waals surface area (Å²) in [5.74, 6) is -0.681. The maximum absolute atomic E-state index is 12.0. The molecule has 0 spiro atoms. The number of carboxylic acids is 1. The van der Waals surface area contributed by atoms with Crippen LogP contribution in [0.1, 0.15) is 27.2 Å². The Morgan fingerprint density at radius 2 is 2.11 bits per heavy atom. The fourth-order valence-electron chi connectivity index (χ4n) is 2.07. The van der Waals surface area contributed by atoms with Gasteiger partial charge in [0.05, 0.1) is 0 Å². The maximum Gasteiger partial charge on any atom is 0.326 e. The van der Waals surface area contributed by atoms with Crippen molar-refractivity contribution >= 4 is 12.0 Å². The van der Waals surface area contributed by atoms with Crippen LogP contribution in [-0.4, -0.2) is 47.7 Å². The molecule has 1 fully saturated rings. The molecule has 0 aromatic heterocycles. The Balaban J connectivity index is 2.60. The molecule has 2 amide bonds. The quantitative estimate of drug-likeness (QED) is 0.685. The van der Waals surface area contributed by atoms with Gasteiger partial charge < -0.3 is 21.1 Å². The lowest BCUT2D eigenvalue weighted by molar-refractivity contribution is -0.142. The van der Waals surface area contributed by atoms with Gasteiger partial charge in [0.15, 0.2) is 0 Å². The van der Waals surface area contributed by atoms with Crippen molar-refractivity contribution in [3.8, 4) is 0 Å². The highest BCUT2D eigenvalue weighted by molar-refractivity contribution is 5.83. The molecule has 0 bridgehead atoms. The van der Waals surface area contributed by atoms with E-state index in [-0.39, 0.29) is 6.03 Å². The number of aliphatic carboxylic acids is 1. The molecule has 6 heteroatoms. The van der Waals surface area contributed by atoms with Crippen molar-refractivity contribution in [2.24, 2.45) is 17.1 Å². The van der Waals surface area contributed by atoms with Gasteiger partial charge in [0.2, 0.25) is 0 Å². The Labute approximate surface area is 108 Å². The Morgan fingerprint density at radius 1 is 1.50 bits per heavy atom. The molecule has 104 valence electrons. The predicted molar refractivity (Wildman–Crippen MR) is 68.1 cm³/mol. The number of rotatable bonds is 3. The standard InChI is InChI=1S/C12H23N3O3/c1-12(2,3)9(10(16)17)14-11(18)15-5-4-8(6-13)7-15/h8-9H,4-7,13H2,1-3H3,(H,14,18)(H,16,17)/t8?,9-/m0/s1. The minimum atomic E-state index is -1.01. The SMILES string of the molecule is CC(C)(C)[C@@H](NC(=O)N1CCC(CN)C1)C(=O)O. The summed E-state index contributed by atoms with van der Waals surface area (Å²) >= 11 is 0. The normalized spacial score (nSPS) is 21.8. The maximum atomic E-state index is 12.0. The summed E-state index contributed by atoms with van der Waals surface area (Å²) < 4.78 is 0. The molecule has 1 rings (SSSR count). The molecule has 6 nitrogen and oxygen atoms in total. The van der Waals surface area contributed by atoms with Crippen molar-refractivity contribution < 1.29 is 14.7 Å². The van der Waals surface area contributed by atoms with E-state index in [2.05, 4.69) is 5.32 Å². The monoisotopic (exact) mass is 257 g/mol. The van der Waals surface area contributed by atoms with Gasteiger partial charge in [-0.05, 0) is 24.3 Å². The average Bonchev–Trinajstić information content (AvgIpc) is 2.71. The molecule has 1 saturated heterocycles. The second-order valence-corrected chi connectivity index (χ2v) is 5.92. The van der Waals surface area contributed by atoms with E-state index in [1.54, 1.807) is 25.7 Å². The highest BCUT2D eigenvalue weighted by Crippen LogP contribution is 2.21. The van der Waals surface area contributed by atoms with Crippen LogP contribution in [0.2, 0.25) is 0 Å². The fraction of sp³-hybridized carbons (Fsp3) is 0.833. The van der Waals surface area contributed by atoms with Gasteiger partial charge in [-0.15, -0.1) is 0 Å². The Kier molecular flexibility index (Phi) is 4.56. The van der Waals surface area contributed by atoms with E-state index in [1.165, 1.54) is 0 Å². The molecule has 1 unspecified atom stereocenters. The molecule has 0 aromatic rings. The number of nitrogens with two attached hydrogens (primary N) is 1. The van der Waals surface area contributed by atoms with Gasteiger partial charge in [0.25, 0.3) is 0 Å². The van der Waals surface area contributed by atoms with Gasteiger partial charge in [-0.25, -0.2) is 9.59 Å². The lowest BCUT2D eigenvalue weighted by atomic mass is 9.87. The van der Waals surface area contributed by atoms with E-state index >= 15 is 0 Å². The zero-order chi connectivity index (χ0) is 13.9. The highest BCUT2D eigenvalue weighted by atomic mass is 16.4. The number of carboxylic acid groups (broad SMARTS) is 1. The largest absolute Gasteiger partial charge is 0.480 e. The summed E-state index contributed by atoms with van der Waals surface area (Å²) in [6.07, 6.45) is 0.886. The van der Waals surface area contributed by atoms with Crippen LogP contribution in [0.15, 0.2) is 0 Å². The summed E-state index contributed by atoms with van der Waals surface area (Å²) in [5.41, 5.74) is 5.04. The van der Waals surface area contributed by atoms with Crippen LogP contribution in [0.3, 0.4) is 0 Å². The average molecular weight is 257 g/mol. The van der Waals surface area contributed by atoms with Crippen molar-refractivity contribution in [2.75, 3.05) is 19.6 Å². The number of urea groups is 1. The third-order valence-electron chi connectivity index (χ3n) is 3.29. The first-order valence-electron chi connectivity index (χ1n) is 6.24. The van der Waals surface area contributed by atoms with Crippen molar-refractivity contribution in [1.82, 2.24) is 10.2 Å². The molecule has 1 heterocycles. The van der Waals surface area contributed by atoms with Crippen molar-refractivity contribution in [3.63, 3.8) is 0 Å². The second kappa shape index (κ2) is 5.56. The van der Waals surface area contributed by atoms with Crippen molar-refractivity contribution in [2.45, 2.75) is 33.2 Å². The number of amides is 2. The molecule has 0 aliphatic carbocycles. The highest BCUT2D eigenvalue weighted by Gasteiger charge is 2.35. The Morgan fingerprint density at radius 3 is 2.50 bits per heavy atom. The number of carbonyl (C=O) groups excluding carboxylic acids is 1. The molecule has 2 atom stereocenters. The van der Waals surface area contributed by atoms with E-state index in [0.29, 0.717) is 25.6 Å². The first kappa shape index (κ1) is 14.8. The van der Waals surface area contributed by atoms with Gasteiger partial charge in [-0.3, -0.25) is 0 Å². The zero-order valence-electron chi connectivity index (χ0n) is 11.3. The summed E-state index contributed by atoms with van der Waals surface area (Å²) in [5, 5.41) is 11.7. The molecule has 0 radical (unpaired) electrons. The minimum Gasteiger partial charge on any atom is -0.480 e. The third kappa shape index (κ3) is 3.60. The molecule has 1 aliphatic heterocycles. The van der Waals surface area contributed by atoms with Crippen molar-refractivity contribution in [1.29, 1.82) is 0 Å². The summed E-state index contributed by atoms with van der Waals surface area (Å²) in [7, 11) is 0.